The molecule has 0 bridgehead atoms. The van der Waals surface area contributed by atoms with E-state index in [2.05, 4.69) is 12.2 Å². The molecule has 0 aliphatic rings. The standard InChI is InChI=1S/C8H17NO/c1-4-6-8(10)9-7(3)5-2/h7H,4-6H2,1-3H3,(H,9,10). The Labute approximate surface area is 63.0 Å². The van der Waals surface area contributed by atoms with Gasteiger partial charge in [0, 0.05) is 12.5 Å². The zero-order valence-corrected chi connectivity index (χ0v) is 7.11. The lowest BCUT2D eigenvalue weighted by molar-refractivity contribution is -0.121. The molecule has 0 aliphatic heterocycles. The molecule has 1 N–H and O–H groups in total. The van der Waals surface area contributed by atoms with Crippen LogP contribution in [0.1, 0.15) is 40.0 Å². The smallest absolute Gasteiger partial charge is 0.220 e. The fourth-order valence-corrected chi connectivity index (χ4v) is 0.676. The number of hydrogen-bond acceptors (Lipinski definition) is 1. The van der Waals surface area contributed by atoms with Crippen LogP contribution in [0.5, 0.6) is 0 Å². The second-order valence-corrected chi connectivity index (χ2v) is 2.63. The number of hydrogen-bond donors (Lipinski definition) is 1. The fraction of sp³-hybridized carbons (Fsp3) is 0.875. The van der Waals surface area contributed by atoms with Gasteiger partial charge in [-0.1, -0.05) is 13.8 Å². The van der Waals surface area contributed by atoms with Crippen LogP contribution in [-0.2, 0) is 4.79 Å². The molecule has 0 aromatic rings. The molecule has 0 aromatic carbocycles. The highest BCUT2D eigenvalue weighted by atomic mass is 16.1. The van der Waals surface area contributed by atoms with Crippen molar-refractivity contribution < 1.29 is 4.79 Å². The molecule has 10 heavy (non-hydrogen) atoms. The molecule has 0 spiro atoms. The van der Waals surface area contributed by atoms with Gasteiger partial charge in [0.1, 0.15) is 0 Å². The van der Waals surface area contributed by atoms with E-state index in [1.807, 2.05) is 13.8 Å². The molecule has 2 heteroatoms. The van der Waals surface area contributed by atoms with Crippen LogP contribution in [-0.4, -0.2) is 11.9 Å². The predicted molar refractivity (Wildman–Crippen MR) is 42.8 cm³/mol. The van der Waals surface area contributed by atoms with Crippen molar-refractivity contribution in [3.63, 3.8) is 0 Å². The van der Waals surface area contributed by atoms with E-state index in [9.17, 15) is 4.79 Å². The summed E-state index contributed by atoms with van der Waals surface area (Å²) in [5.74, 6) is 0.178. The lowest BCUT2D eigenvalue weighted by Crippen LogP contribution is -2.31. The van der Waals surface area contributed by atoms with Gasteiger partial charge < -0.3 is 5.32 Å². The van der Waals surface area contributed by atoms with Gasteiger partial charge in [-0.15, -0.1) is 0 Å². The molecular formula is C8H17NO. The molecule has 60 valence electrons. The molecule has 1 amide bonds. The summed E-state index contributed by atoms with van der Waals surface area (Å²) in [7, 11) is 0. The van der Waals surface area contributed by atoms with E-state index in [-0.39, 0.29) is 5.91 Å². The second kappa shape index (κ2) is 5.27. The average molecular weight is 143 g/mol. The highest BCUT2D eigenvalue weighted by Crippen LogP contribution is 1.91. The molecule has 0 fully saturated rings. The second-order valence-electron chi connectivity index (χ2n) is 2.63. The van der Waals surface area contributed by atoms with Crippen LogP contribution in [0.25, 0.3) is 0 Å². The van der Waals surface area contributed by atoms with Crippen LogP contribution in [0.2, 0.25) is 0 Å². The Balaban J connectivity index is 3.37. The van der Waals surface area contributed by atoms with Crippen molar-refractivity contribution >= 4 is 5.91 Å². The third-order valence-electron chi connectivity index (χ3n) is 1.50. The molecule has 0 saturated carbocycles. The number of rotatable bonds is 4. The van der Waals surface area contributed by atoms with Crippen molar-refractivity contribution in [2.45, 2.75) is 46.1 Å². The first-order valence-electron chi connectivity index (χ1n) is 4.00. The van der Waals surface area contributed by atoms with Crippen LogP contribution in [0.15, 0.2) is 0 Å². The zero-order valence-electron chi connectivity index (χ0n) is 7.11. The third kappa shape index (κ3) is 4.36. The van der Waals surface area contributed by atoms with E-state index in [1.165, 1.54) is 0 Å². The average Bonchev–Trinajstić information content (AvgIpc) is 1.88. The fourth-order valence-electron chi connectivity index (χ4n) is 0.676. The first-order chi connectivity index (χ1) is 4.70. The van der Waals surface area contributed by atoms with Crippen molar-refractivity contribution in [1.82, 2.24) is 5.32 Å². The van der Waals surface area contributed by atoms with Crippen molar-refractivity contribution in [2.75, 3.05) is 0 Å². The molecule has 0 aliphatic carbocycles. The minimum Gasteiger partial charge on any atom is -0.354 e. The Morgan fingerprint density at radius 2 is 2.10 bits per heavy atom. The number of nitrogens with one attached hydrogen (secondary N) is 1. The summed E-state index contributed by atoms with van der Waals surface area (Å²) in [4.78, 5) is 10.9. The van der Waals surface area contributed by atoms with E-state index < -0.39 is 0 Å². The van der Waals surface area contributed by atoms with E-state index in [0.29, 0.717) is 12.5 Å². The van der Waals surface area contributed by atoms with E-state index in [1.54, 1.807) is 0 Å². The summed E-state index contributed by atoms with van der Waals surface area (Å²) in [6.45, 7) is 6.10. The van der Waals surface area contributed by atoms with Crippen molar-refractivity contribution in [1.29, 1.82) is 0 Å². The molecule has 0 saturated heterocycles. The van der Waals surface area contributed by atoms with Crippen molar-refractivity contribution in [3.8, 4) is 0 Å². The molecular weight excluding hydrogens is 126 g/mol. The normalized spacial score (nSPS) is 12.7. The Kier molecular flexibility index (Phi) is 4.99. The SMILES string of the molecule is CCCC(=O)NC(C)CC. The van der Waals surface area contributed by atoms with Gasteiger partial charge in [-0.3, -0.25) is 4.79 Å². The third-order valence-corrected chi connectivity index (χ3v) is 1.50. The summed E-state index contributed by atoms with van der Waals surface area (Å²) in [5, 5.41) is 2.89. The molecule has 0 heterocycles. The Hall–Kier alpha value is -0.530. The van der Waals surface area contributed by atoms with E-state index in [4.69, 9.17) is 0 Å². The zero-order chi connectivity index (χ0) is 7.98. The maximum atomic E-state index is 10.9. The minimum absolute atomic E-state index is 0.178. The van der Waals surface area contributed by atoms with E-state index in [0.717, 1.165) is 12.8 Å². The first kappa shape index (κ1) is 9.47. The number of carbonyl (C=O) groups excluding carboxylic acids is 1. The van der Waals surface area contributed by atoms with Gasteiger partial charge in [-0.2, -0.15) is 0 Å². The number of carbonyl (C=O) groups is 1. The Morgan fingerprint density at radius 1 is 1.50 bits per heavy atom. The summed E-state index contributed by atoms with van der Waals surface area (Å²) in [5.41, 5.74) is 0. The van der Waals surface area contributed by atoms with Gasteiger partial charge in [0.25, 0.3) is 0 Å². The first-order valence-corrected chi connectivity index (χ1v) is 4.00. The summed E-state index contributed by atoms with van der Waals surface area (Å²) < 4.78 is 0. The van der Waals surface area contributed by atoms with Gasteiger partial charge >= 0.3 is 0 Å². The van der Waals surface area contributed by atoms with Gasteiger partial charge in [0.2, 0.25) is 5.91 Å². The summed E-state index contributed by atoms with van der Waals surface area (Å²) in [6, 6.07) is 0.332. The highest BCUT2D eigenvalue weighted by molar-refractivity contribution is 5.76. The van der Waals surface area contributed by atoms with Crippen LogP contribution in [0.4, 0.5) is 0 Å². The van der Waals surface area contributed by atoms with Crippen LogP contribution in [0.3, 0.4) is 0 Å². The quantitative estimate of drug-likeness (QED) is 0.637. The predicted octanol–water partition coefficient (Wildman–Crippen LogP) is 1.70. The topological polar surface area (TPSA) is 29.1 Å². The van der Waals surface area contributed by atoms with Crippen LogP contribution >= 0.6 is 0 Å². The molecule has 0 aromatic heterocycles. The largest absolute Gasteiger partial charge is 0.354 e. The van der Waals surface area contributed by atoms with Gasteiger partial charge in [-0.05, 0) is 19.8 Å². The minimum atomic E-state index is 0.178. The van der Waals surface area contributed by atoms with Gasteiger partial charge in [0.15, 0.2) is 0 Å². The Bertz CT molecular complexity index is 101. The number of amides is 1. The molecule has 0 radical (unpaired) electrons. The van der Waals surface area contributed by atoms with Gasteiger partial charge in [-0.25, -0.2) is 0 Å². The summed E-state index contributed by atoms with van der Waals surface area (Å²) >= 11 is 0. The van der Waals surface area contributed by atoms with Crippen LogP contribution in [0, 0.1) is 0 Å². The lowest BCUT2D eigenvalue weighted by atomic mass is 10.2. The highest BCUT2D eigenvalue weighted by Gasteiger charge is 2.02. The Morgan fingerprint density at radius 3 is 2.50 bits per heavy atom. The summed E-state index contributed by atoms with van der Waals surface area (Å²) in [6.07, 6.45) is 2.60. The molecule has 1 atom stereocenters. The maximum absolute atomic E-state index is 10.9. The van der Waals surface area contributed by atoms with Crippen LogP contribution < -0.4 is 5.32 Å². The monoisotopic (exact) mass is 143 g/mol. The van der Waals surface area contributed by atoms with Crippen molar-refractivity contribution in [3.05, 3.63) is 0 Å². The molecule has 1 unspecified atom stereocenters. The van der Waals surface area contributed by atoms with Gasteiger partial charge in [0.05, 0.1) is 0 Å². The lowest BCUT2D eigenvalue weighted by Gasteiger charge is -2.09. The maximum Gasteiger partial charge on any atom is 0.220 e. The van der Waals surface area contributed by atoms with Crippen molar-refractivity contribution in [2.24, 2.45) is 0 Å². The molecule has 2 nitrogen and oxygen atoms in total. The molecule has 0 rings (SSSR count). The van der Waals surface area contributed by atoms with E-state index >= 15 is 0 Å².